The van der Waals surface area contributed by atoms with E-state index >= 15 is 0 Å². The molecule has 2 atom stereocenters. The van der Waals surface area contributed by atoms with Crippen molar-refractivity contribution in [3.05, 3.63) is 24.3 Å². The number of nitrogens with two attached hydrogens (primary N) is 1. The Kier molecular flexibility index (Phi) is 5.95. The number of morpholine rings is 2. The number of nitrogen functional groups attached to an aromatic ring is 1. The van der Waals surface area contributed by atoms with E-state index in [4.69, 9.17) is 20.3 Å². The maximum Gasteiger partial charge on any atom is 0.404 e. The molecule has 4 N–H and O–H groups in total. The topological polar surface area (TPSA) is 100 Å². The molecule has 25 heavy (non-hydrogen) atoms. The Hall–Kier alpha value is -2.03. The van der Waals surface area contributed by atoms with Crippen molar-refractivity contribution in [1.82, 2.24) is 15.1 Å². The van der Waals surface area contributed by atoms with Crippen molar-refractivity contribution in [3.8, 4) is 5.75 Å². The van der Waals surface area contributed by atoms with Crippen LogP contribution in [0.15, 0.2) is 24.3 Å². The average molecular weight is 350 g/mol. The van der Waals surface area contributed by atoms with Gasteiger partial charge in [0.2, 0.25) is 0 Å². The van der Waals surface area contributed by atoms with Crippen LogP contribution >= 0.6 is 0 Å². The molecule has 2 heterocycles. The van der Waals surface area contributed by atoms with Gasteiger partial charge in [-0.3, -0.25) is 9.80 Å². The van der Waals surface area contributed by atoms with Crippen LogP contribution in [0.3, 0.4) is 0 Å². The number of nitrogens with zero attached hydrogens (tertiary/aromatic N) is 2. The summed E-state index contributed by atoms with van der Waals surface area (Å²) < 4.78 is 11.8. The molecule has 2 aliphatic rings. The van der Waals surface area contributed by atoms with Crippen LogP contribution in [-0.2, 0) is 4.74 Å². The van der Waals surface area contributed by atoms with Crippen LogP contribution < -0.4 is 15.8 Å². The number of benzene rings is 1. The SMILES string of the molecule is Nc1ccc(OCCN2CC3CN(CCNC(=O)O)CC(C2)O3)cc1. The predicted octanol–water partition coefficient (Wildman–Crippen LogP) is 0.300. The number of nitrogens with one attached hydrogen (secondary N) is 1. The van der Waals surface area contributed by atoms with Crippen LogP contribution in [0.5, 0.6) is 5.75 Å². The summed E-state index contributed by atoms with van der Waals surface area (Å²) in [7, 11) is 0. The van der Waals surface area contributed by atoms with Crippen molar-refractivity contribution in [2.45, 2.75) is 12.2 Å². The summed E-state index contributed by atoms with van der Waals surface area (Å²) in [6, 6.07) is 7.43. The summed E-state index contributed by atoms with van der Waals surface area (Å²) in [5.74, 6) is 0.833. The van der Waals surface area contributed by atoms with Gasteiger partial charge in [-0.15, -0.1) is 0 Å². The van der Waals surface area contributed by atoms with Gasteiger partial charge in [0.05, 0.1) is 12.2 Å². The molecule has 0 radical (unpaired) electrons. The zero-order valence-corrected chi connectivity index (χ0v) is 14.3. The highest BCUT2D eigenvalue weighted by Crippen LogP contribution is 2.19. The van der Waals surface area contributed by atoms with E-state index in [2.05, 4.69) is 15.1 Å². The minimum Gasteiger partial charge on any atom is -0.492 e. The van der Waals surface area contributed by atoms with Crippen LogP contribution in [0.1, 0.15) is 0 Å². The molecule has 0 aliphatic carbocycles. The average Bonchev–Trinajstić information content (AvgIpc) is 2.56. The monoisotopic (exact) mass is 350 g/mol. The first-order valence-corrected chi connectivity index (χ1v) is 8.64. The maximum absolute atomic E-state index is 10.5. The molecule has 0 aromatic heterocycles. The fourth-order valence-electron chi connectivity index (χ4n) is 3.40. The standard InChI is InChI=1S/C17H26N4O4/c18-13-1-3-14(4-2-13)24-8-7-21-11-15-9-20(6-5-19-17(22)23)10-16(12-21)25-15/h1-4,15-16,19H,5-12,18H2,(H,22,23). The summed E-state index contributed by atoms with van der Waals surface area (Å²) in [5.41, 5.74) is 6.40. The molecule has 8 nitrogen and oxygen atoms in total. The zero-order valence-electron chi connectivity index (χ0n) is 14.3. The molecular weight excluding hydrogens is 324 g/mol. The largest absolute Gasteiger partial charge is 0.492 e. The highest BCUT2D eigenvalue weighted by molar-refractivity contribution is 5.64. The summed E-state index contributed by atoms with van der Waals surface area (Å²) >= 11 is 0. The second kappa shape index (κ2) is 8.37. The van der Waals surface area contributed by atoms with E-state index in [0.717, 1.165) is 50.7 Å². The molecule has 3 rings (SSSR count). The van der Waals surface area contributed by atoms with Gasteiger partial charge in [0.15, 0.2) is 0 Å². The molecule has 138 valence electrons. The van der Waals surface area contributed by atoms with Gasteiger partial charge >= 0.3 is 6.09 Å². The molecule has 2 bridgehead atoms. The molecule has 0 spiro atoms. The first kappa shape index (κ1) is 17.8. The Morgan fingerprint density at radius 2 is 1.76 bits per heavy atom. The number of amides is 1. The minimum atomic E-state index is -0.972. The summed E-state index contributed by atoms with van der Waals surface area (Å²) in [6.45, 7) is 6.11. The van der Waals surface area contributed by atoms with E-state index in [1.165, 1.54) is 0 Å². The number of hydrogen-bond donors (Lipinski definition) is 3. The normalized spacial score (nSPS) is 24.0. The molecule has 0 saturated carbocycles. The predicted molar refractivity (Wildman–Crippen MR) is 93.9 cm³/mol. The quantitative estimate of drug-likeness (QED) is 0.608. The lowest BCUT2D eigenvalue weighted by Crippen LogP contribution is -2.60. The summed E-state index contributed by atoms with van der Waals surface area (Å²) in [6.07, 6.45) is -0.622. The summed E-state index contributed by atoms with van der Waals surface area (Å²) in [5, 5.41) is 11.1. The second-order valence-electron chi connectivity index (χ2n) is 6.55. The number of fused-ring (bicyclic) bond motifs is 2. The van der Waals surface area contributed by atoms with E-state index in [9.17, 15) is 4.79 Å². The lowest BCUT2D eigenvalue weighted by atomic mass is 10.1. The van der Waals surface area contributed by atoms with Crippen molar-refractivity contribution in [1.29, 1.82) is 0 Å². The molecule has 2 aliphatic heterocycles. The van der Waals surface area contributed by atoms with Gasteiger partial charge in [0.25, 0.3) is 0 Å². The smallest absolute Gasteiger partial charge is 0.404 e. The van der Waals surface area contributed by atoms with Crippen LogP contribution in [-0.4, -0.2) is 85.6 Å². The molecule has 2 saturated heterocycles. The third-order valence-electron chi connectivity index (χ3n) is 4.49. The van der Waals surface area contributed by atoms with Gasteiger partial charge in [0.1, 0.15) is 12.4 Å². The van der Waals surface area contributed by atoms with E-state index in [-0.39, 0.29) is 12.2 Å². The molecule has 8 heteroatoms. The fraction of sp³-hybridized carbons (Fsp3) is 0.588. The number of ether oxygens (including phenoxy) is 2. The third kappa shape index (κ3) is 5.48. The van der Waals surface area contributed by atoms with Gasteiger partial charge in [-0.05, 0) is 24.3 Å². The van der Waals surface area contributed by atoms with Crippen LogP contribution in [0.2, 0.25) is 0 Å². The zero-order chi connectivity index (χ0) is 17.6. The maximum atomic E-state index is 10.5. The molecule has 2 unspecified atom stereocenters. The molecular formula is C17H26N4O4. The Labute approximate surface area is 147 Å². The van der Waals surface area contributed by atoms with Gasteiger partial charge in [-0.2, -0.15) is 0 Å². The lowest BCUT2D eigenvalue weighted by Gasteiger charge is -2.45. The third-order valence-corrected chi connectivity index (χ3v) is 4.49. The number of hydrogen-bond acceptors (Lipinski definition) is 6. The van der Waals surface area contributed by atoms with Gasteiger partial charge < -0.3 is 25.6 Å². The molecule has 1 amide bonds. The fourth-order valence-corrected chi connectivity index (χ4v) is 3.40. The van der Waals surface area contributed by atoms with E-state index < -0.39 is 6.09 Å². The Balaban J connectivity index is 1.38. The Morgan fingerprint density at radius 1 is 1.16 bits per heavy atom. The highest BCUT2D eigenvalue weighted by atomic mass is 16.5. The van der Waals surface area contributed by atoms with Crippen molar-refractivity contribution in [2.24, 2.45) is 0 Å². The minimum absolute atomic E-state index is 0.175. The Bertz CT molecular complexity index is 554. The van der Waals surface area contributed by atoms with Gasteiger partial charge in [-0.1, -0.05) is 0 Å². The number of carboxylic acid groups (broad SMARTS) is 1. The van der Waals surface area contributed by atoms with Crippen LogP contribution in [0.4, 0.5) is 10.5 Å². The van der Waals surface area contributed by atoms with Gasteiger partial charge in [0, 0.05) is 51.5 Å². The summed E-state index contributed by atoms with van der Waals surface area (Å²) in [4.78, 5) is 15.2. The number of anilines is 1. The molecule has 2 fully saturated rings. The van der Waals surface area contributed by atoms with Crippen LogP contribution in [0, 0.1) is 0 Å². The van der Waals surface area contributed by atoms with E-state index in [1.54, 1.807) is 0 Å². The lowest BCUT2D eigenvalue weighted by molar-refractivity contribution is -0.138. The van der Waals surface area contributed by atoms with Crippen LogP contribution in [0.25, 0.3) is 0 Å². The van der Waals surface area contributed by atoms with Gasteiger partial charge in [-0.25, -0.2) is 4.79 Å². The Morgan fingerprint density at radius 3 is 2.36 bits per heavy atom. The first-order chi connectivity index (χ1) is 12.1. The molecule has 1 aromatic carbocycles. The van der Waals surface area contributed by atoms with Crippen molar-refractivity contribution in [2.75, 3.05) is 58.2 Å². The van der Waals surface area contributed by atoms with Crippen molar-refractivity contribution in [3.63, 3.8) is 0 Å². The highest BCUT2D eigenvalue weighted by Gasteiger charge is 2.34. The van der Waals surface area contributed by atoms with E-state index in [0.29, 0.717) is 13.2 Å². The number of rotatable bonds is 7. The van der Waals surface area contributed by atoms with Crippen molar-refractivity contribution >= 4 is 11.8 Å². The van der Waals surface area contributed by atoms with Crippen molar-refractivity contribution < 1.29 is 19.4 Å². The first-order valence-electron chi connectivity index (χ1n) is 8.64. The molecule has 1 aromatic rings. The number of carbonyl (C=O) groups is 1. The second-order valence-corrected chi connectivity index (χ2v) is 6.55. The van der Waals surface area contributed by atoms with E-state index in [1.807, 2.05) is 24.3 Å².